The summed E-state index contributed by atoms with van der Waals surface area (Å²) in [6, 6.07) is 11.3. The summed E-state index contributed by atoms with van der Waals surface area (Å²) in [6.45, 7) is 11.1. The number of hydrogen-bond acceptors (Lipinski definition) is 4. The Hall–Kier alpha value is -2.62. The van der Waals surface area contributed by atoms with Crippen LogP contribution in [0.2, 0.25) is 0 Å². The summed E-state index contributed by atoms with van der Waals surface area (Å²) in [6.07, 6.45) is 0.679. The van der Waals surface area contributed by atoms with E-state index in [0.29, 0.717) is 17.5 Å². The van der Waals surface area contributed by atoms with Gasteiger partial charge in [-0.1, -0.05) is 12.1 Å². The van der Waals surface area contributed by atoms with Gasteiger partial charge in [-0.15, -0.1) is 0 Å². The van der Waals surface area contributed by atoms with Gasteiger partial charge in [-0.2, -0.15) is 0 Å². The van der Waals surface area contributed by atoms with Gasteiger partial charge >= 0.3 is 11.9 Å². The van der Waals surface area contributed by atoms with E-state index in [9.17, 15) is 9.59 Å². The summed E-state index contributed by atoms with van der Waals surface area (Å²) in [4.78, 5) is 24.7. The molecule has 0 heterocycles. The van der Waals surface area contributed by atoms with E-state index in [0.717, 1.165) is 22.3 Å². The molecule has 2 aromatic rings. The lowest BCUT2D eigenvalue weighted by Gasteiger charge is -2.19. The van der Waals surface area contributed by atoms with Crippen LogP contribution < -0.4 is 0 Å². The molecule has 4 nitrogen and oxygen atoms in total. The second-order valence-electron chi connectivity index (χ2n) is 8.92. The van der Waals surface area contributed by atoms with Crippen LogP contribution >= 0.6 is 0 Å². The van der Waals surface area contributed by atoms with Crippen LogP contribution in [-0.2, 0) is 15.9 Å². The number of esters is 2. The van der Waals surface area contributed by atoms with Crippen molar-refractivity contribution in [2.75, 3.05) is 0 Å². The highest BCUT2D eigenvalue weighted by Gasteiger charge is 2.24. The van der Waals surface area contributed by atoms with Gasteiger partial charge in [-0.3, -0.25) is 0 Å². The fourth-order valence-corrected chi connectivity index (χ4v) is 3.14. The quantitative estimate of drug-likeness (QED) is 0.587. The van der Waals surface area contributed by atoms with Gasteiger partial charge in [0.1, 0.15) is 11.2 Å². The van der Waals surface area contributed by atoms with Crippen molar-refractivity contribution < 1.29 is 19.1 Å². The first kappa shape index (κ1) is 19.2. The van der Waals surface area contributed by atoms with Crippen molar-refractivity contribution in [3.05, 3.63) is 58.7 Å². The summed E-state index contributed by atoms with van der Waals surface area (Å²) in [5.41, 5.74) is 4.35. The van der Waals surface area contributed by atoms with Crippen LogP contribution in [0.15, 0.2) is 36.4 Å². The second-order valence-corrected chi connectivity index (χ2v) is 8.92. The largest absolute Gasteiger partial charge is 0.456 e. The first-order valence-corrected chi connectivity index (χ1v) is 9.16. The molecule has 4 heteroatoms. The third-order valence-corrected chi connectivity index (χ3v) is 4.15. The Morgan fingerprint density at radius 1 is 0.704 bits per heavy atom. The van der Waals surface area contributed by atoms with Crippen LogP contribution in [0.5, 0.6) is 0 Å². The zero-order chi connectivity index (χ0) is 20.0. The van der Waals surface area contributed by atoms with Crippen molar-refractivity contribution in [1.82, 2.24) is 0 Å². The Bertz CT molecular complexity index is 835. The van der Waals surface area contributed by atoms with Gasteiger partial charge in [-0.05, 0) is 94.5 Å². The molecule has 0 aliphatic heterocycles. The van der Waals surface area contributed by atoms with E-state index in [1.165, 1.54) is 0 Å². The van der Waals surface area contributed by atoms with Gasteiger partial charge in [0.25, 0.3) is 0 Å². The van der Waals surface area contributed by atoms with Crippen LogP contribution in [0, 0.1) is 0 Å². The molecule has 1 aliphatic carbocycles. The maximum Gasteiger partial charge on any atom is 0.338 e. The minimum absolute atomic E-state index is 0.323. The maximum absolute atomic E-state index is 12.3. The number of ether oxygens (including phenoxy) is 2. The molecule has 0 atom stereocenters. The van der Waals surface area contributed by atoms with Gasteiger partial charge in [0.2, 0.25) is 0 Å². The SMILES string of the molecule is CC(C)(C)OC(=O)c1ccc2c(c1)Cc1cc(C(=O)OC(C)(C)C)ccc1-2. The first-order chi connectivity index (χ1) is 12.4. The minimum Gasteiger partial charge on any atom is -0.456 e. The average Bonchev–Trinajstić information content (AvgIpc) is 2.88. The van der Waals surface area contributed by atoms with E-state index in [4.69, 9.17) is 9.47 Å². The van der Waals surface area contributed by atoms with Crippen LogP contribution in [0.3, 0.4) is 0 Å². The standard InChI is InChI=1S/C23H26O4/c1-22(2,3)26-20(24)14-7-9-18-16(11-14)13-17-12-15(8-10-19(17)18)21(25)27-23(4,5)6/h7-12H,13H2,1-6H3. The summed E-state index contributed by atoms with van der Waals surface area (Å²) in [5.74, 6) is -0.647. The molecule has 2 aromatic carbocycles. The Balaban J connectivity index is 1.85. The normalized spacial score (nSPS) is 13.0. The van der Waals surface area contributed by atoms with Crippen molar-refractivity contribution in [3.8, 4) is 11.1 Å². The van der Waals surface area contributed by atoms with E-state index >= 15 is 0 Å². The third-order valence-electron chi connectivity index (χ3n) is 4.15. The maximum atomic E-state index is 12.3. The molecule has 0 aromatic heterocycles. The smallest absolute Gasteiger partial charge is 0.338 e. The fourth-order valence-electron chi connectivity index (χ4n) is 3.14. The van der Waals surface area contributed by atoms with Crippen LogP contribution in [0.1, 0.15) is 73.4 Å². The molecule has 27 heavy (non-hydrogen) atoms. The van der Waals surface area contributed by atoms with Gasteiger partial charge in [0, 0.05) is 0 Å². The van der Waals surface area contributed by atoms with Crippen LogP contribution in [-0.4, -0.2) is 23.1 Å². The fraction of sp³-hybridized carbons (Fsp3) is 0.391. The van der Waals surface area contributed by atoms with E-state index < -0.39 is 11.2 Å². The van der Waals surface area contributed by atoms with Gasteiger partial charge in [-0.25, -0.2) is 9.59 Å². The molecular formula is C23H26O4. The highest BCUT2D eigenvalue weighted by Crippen LogP contribution is 2.38. The minimum atomic E-state index is -0.526. The number of carbonyl (C=O) groups is 2. The first-order valence-electron chi connectivity index (χ1n) is 9.16. The molecule has 0 unspecified atom stereocenters. The topological polar surface area (TPSA) is 52.6 Å². The second kappa shape index (κ2) is 6.52. The lowest BCUT2D eigenvalue weighted by Crippen LogP contribution is -2.23. The van der Waals surface area contributed by atoms with Gasteiger partial charge in [0.15, 0.2) is 0 Å². The number of carbonyl (C=O) groups excluding carboxylic acids is 2. The highest BCUT2D eigenvalue weighted by atomic mass is 16.6. The molecule has 3 rings (SSSR count). The molecule has 0 N–H and O–H groups in total. The van der Waals surface area contributed by atoms with E-state index in [1.54, 1.807) is 12.1 Å². The number of hydrogen-bond donors (Lipinski definition) is 0. The third kappa shape index (κ3) is 4.38. The van der Waals surface area contributed by atoms with Crippen molar-refractivity contribution >= 4 is 11.9 Å². The highest BCUT2D eigenvalue weighted by molar-refractivity contribution is 5.94. The molecule has 142 valence electrons. The Labute approximate surface area is 160 Å². The predicted octanol–water partition coefficient (Wildman–Crippen LogP) is 5.17. The van der Waals surface area contributed by atoms with Crippen molar-refractivity contribution in [3.63, 3.8) is 0 Å². The van der Waals surface area contributed by atoms with E-state index in [2.05, 4.69) is 0 Å². The molecule has 0 saturated carbocycles. The van der Waals surface area contributed by atoms with Crippen molar-refractivity contribution in [2.24, 2.45) is 0 Å². The van der Waals surface area contributed by atoms with Crippen LogP contribution in [0.4, 0.5) is 0 Å². The summed E-state index contributed by atoms with van der Waals surface area (Å²) in [5, 5.41) is 0. The molecule has 0 fully saturated rings. The van der Waals surface area contributed by atoms with Crippen molar-refractivity contribution in [1.29, 1.82) is 0 Å². The predicted molar refractivity (Wildman–Crippen MR) is 105 cm³/mol. The molecule has 0 radical (unpaired) electrons. The molecule has 0 bridgehead atoms. The molecule has 0 spiro atoms. The van der Waals surface area contributed by atoms with Crippen molar-refractivity contribution in [2.45, 2.75) is 59.2 Å². The zero-order valence-electron chi connectivity index (χ0n) is 16.8. The van der Waals surface area contributed by atoms with Gasteiger partial charge in [0.05, 0.1) is 11.1 Å². The lowest BCUT2D eigenvalue weighted by molar-refractivity contribution is 0.00570. The van der Waals surface area contributed by atoms with E-state index in [1.807, 2.05) is 65.8 Å². The summed E-state index contributed by atoms with van der Waals surface area (Å²) < 4.78 is 10.9. The zero-order valence-corrected chi connectivity index (χ0v) is 16.8. The summed E-state index contributed by atoms with van der Waals surface area (Å²) >= 11 is 0. The van der Waals surface area contributed by atoms with Gasteiger partial charge < -0.3 is 9.47 Å². The average molecular weight is 366 g/mol. The lowest BCUT2D eigenvalue weighted by atomic mass is 10.0. The Morgan fingerprint density at radius 2 is 1.07 bits per heavy atom. The monoisotopic (exact) mass is 366 g/mol. The molecule has 0 saturated heterocycles. The Kier molecular flexibility index (Phi) is 4.62. The Morgan fingerprint density at radius 3 is 1.41 bits per heavy atom. The summed E-state index contributed by atoms with van der Waals surface area (Å²) in [7, 11) is 0. The number of fused-ring (bicyclic) bond motifs is 3. The van der Waals surface area contributed by atoms with Crippen LogP contribution in [0.25, 0.3) is 11.1 Å². The molecular weight excluding hydrogens is 340 g/mol. The number of rotatable bonds is 2. The number of benzene rings is 2. The van der Waals surface area contributed by atoms with E-state index in [-0.39, 0.29) is 11.9 Å². The molecule has 1 aliphatic rings. The molecule has 0 amide bonds.